The second kappa shape index (κ2) is 6.51. The van der Waals surface area contributed by atoms with Gasteiger partial charge in [0.05, 0.1) is 10.9 Å². The summed E-state index contributed by atoms with van der Waals surface area (Å²) in [5.41, 5.74) is 0.581. The third kappa shape index (κ3) is 3.68. The Bertz CT molecular complexity index is 417. The van der Waals surface area contributed by atoms with Crippen molar-refractivity contribution < 1.29 is 48.2 Å². The van der Waals surface area contributed by atoms with Gasteiger partial charge in [-0.1, -0.05) is 26.0 Å². The molecule has 0 spiro atoms. The molecule has 0 radical (unpaired) electrons. The summed E-state index contributed by atoms with van der Waals surface area (Å²) < 4.78 is 20.0. The van der Waals surface area contributed by atoms with Crippen molar-refractivity contribution in [3.8, 4) is 0 Å². The van der Waals surface area contributed by atoms with Crippen LogP contribution in [0.3, 0.4) is 0 Å². The summed E-state index contributed by atoms with van der Waals surface area (Å²) in [6, 6.07) is 4.10. The number of hydrogen-bond donors (Lipinski definition) is 1. The molecule has 0 heterocycles. The number of carboxylic acid groups (broad SMARTS) is 1. The van der Waals surface area contributed by atoms with Gasteiger partial charge in [0.2, 0.25) is 0 Å². The maximum Gasteiger partial charge on any atom is 1.00 e. The zero-order valence-electron chi connectivity index (χ0n) is 9.39. The Morgan fingerprint density at radius 2 is 2.00 bits per heavy atom. The first-order valence-corrected chi connectivity index (χ1v) is 5.50. The molecule has 0 saturated heterocycles. The number of rotatable bonds is 3. The SMILES string of the molecule is CC(C)c1ccc(C(=O)[O-])cc1S(=O)O.[Na+]. The summed E-state index contributed by atoms with van der Waals surface area (Å²) >= 11 is -2.18. The van der Waals surface area contributed by atoms with Gasteiger partial charge >= 0.3 is 29.6 Å². The molecule has 1 aromatic rings. The van der Waals surface area contributed by atoms with Gasteiger partial charge in [0.1, 0.15) is 0 Å². The van der Waals surface area contributed by atoms with Crippen molar-refractivity contribution >= 4 is 17.0 Å². The van der Waals surface area contributed by atoms with Crippen LogP contribution in [0, 0.1) is 0 Å². The molecule has 16 heavy (non-hydrogen) atoms. The van der Waals surface area contributed by atoms with Crippen molar-refractivity contribution in [3.05, 3.63) is 29.3 Å². The van der Waals surface area contributed by atoms with E-state index in [1.54, 1.807) is 6.07 Å². The van der Waals surface area contributed by atoms with E-state index in [0.717, 1.165) is 0 Å². The average molecular weight is 250 g/mol. The standard InChI is InChI=1S/C10H12O4S.Na/c1-6(2)8-4-3-7(10(11)12)5-9(8)15(13)14;/h3-6H,1-2H3,(H,11,12)(H,13,14);/q;+1/p-1. The van der Waals surface area contributed by atoms with Crippen molar-refractivity contribution in [2.45, 2.75) is 24.7 Å². The Kier molecular flexibility index (Phi) is 6.43. The predicted molar refractivity (Wildman–Crippen MR) is 53.9 cm³/mol. The van der Waals surface area contributed by atoms with Gasteiger partial charge in [-0.05, 0) is 23.1 Å². The summed E-state index contributed by atoms with van der Waals surface area (Å²) in [5, 5.41) is 10.6. The van der Waals surface area contributed by atoms with Gasteiger partial charge in [0.25, 0.3) is 0 Å². The molecule has 1 rings (SSSR count). The predicted octanol–water partition coefficient (Wildman–Crippen LogP) is -2.24. The Morgan fingerprint density at radius 3 is 2.38 bits per heavy atom. The Hall–Kier alpha value is -0.200. The fraction of sp³-hybridized carbons (Fsp3) is 0.300. The topological polar surface area (TPSA) is 77.4 Å². The Labute approximate surface area is 119 Å². The minimum Gasteiger partial charge on any atom is -0.545 e. The van der Waals surface area contributed by atoms with E-state index in [1.807, 2.05) is 13.8 Å². The molecule has 1 aromatic carbocycles. The molecule has 4 nitrogen and oxygen atoms in total. The molecule has 1 N–H and O–H groups in total. The van der Waals surface area contributed by atoms with Crippen molar-refractivity contribution in [1.29, 1.82) is 0 Å². The number of aromatic carboxylic acids is 1. The molecule has 6 heteroatoms. The van der Waals surface area contributed by atoms with Crippen molar-refractivity contribution in [2.75, 3.05) is 0 Å². The van der Waals surface area contributed by atoms with E-state index in [-0.39, 0.29) is 45.9 Å². The monoisotopic (exact) mass is 250 g/mol. The fourth-order valence-electron chi connectivity index (χ4n) is 1.29. The molecule has 1 unspecified atom stereocenters. The fourth-order valence-corrected chi connectivity index (χ4v) is 2.02. The molecule has 0 bridgehead atoms. The van der Waals surface area contributed by atoms with Crippen LogP contribution in [0.4, 0.5) is 0 Å². The van der Waals surface area contributed by atoms with Gasteiger partial charge in [-0.3, -0.25) is 0 Å². The molecule has 82 valence electrons. The third-order valence-corrected chi connectivity index (χ3v) is 2.79. The van der Waals surface area contributed by atoms with Crippen LogP contribution in [0.15, 0.2) is 23.1 Å². The molecule has 1 atom stereocenters. The molecule has 0 aliphatic rings. The van der Waals surface area contributed by atoms with E-state index < -0.39 is 17.0 Å². The molecule has 0 amide bonds. The number of carboxylic acids is 1. The first kappa shape index (κ1) is 15.8. The number of benzene rings is 1. The van der Waals surface area contributed by atoms with E-state index >= 15 is 0 Å². The van der Waals surface area contributed by atoms with Gasteiger partial charge in [-0.15, -0.1) is 0 Å². The Balaban J connectivity index is 0.00000225. The van der Waals surface area contributed by atoms with Crippen LogP contribution >= 0.6 is 0 Å². The van der Waals surface area contributed by atoms with Gasteiger partial charge in [0, 0.05) is 0 Å². The van der Waals surface area contributed by atoms with E-state index in [1.165, 1.54) is 12.1 Å². The second-order valence-electron chi connectivity index (χ2n) is 3.44. The normalized spacial score (nSPS) is 12.0. The summed E-state index contributed by atoms with van der Waals surface area (Å²) in [6.07, 6.45) is 0. The zero-order chi connectivity index (χ0) is 11.6. The van der Waals surface area contributed by atoms with Gasteiger partial charge in [-0.2, -0.15) is 0 Å². The molecular weight excluding hydrogens is 239 g/mol. The van der Waals surface area contributed by atoms with Crippen LogP contribution in [0.1, 0.15) is 35.7 Å². The number of hydrogen-bond acceptors (Lipinski definition) is 3. The van der Waals surface area contributed by atoms with Crippen LogP contribution in [0.5, 0.6) is 0 Å². The third-order valence-electron chi connectivity index (χ3n) is 2.06. The van der Waals surface area contributed by atoms with E-state index in [4.69, 9.17) is 4.55 Å². The van der Waals surface area contributed by atoms with Crippen LogP contribution in [-0.4, -0.2) is 14.7 Å². The molecular formula is C10H11NaO4S. The minimum absolute atomic E-state index is 0. The van der Waals surface area contributed by atoms with E-state index in [9.17, 15) is 14.1 Å². The molecule has 0 aliphatic heterocycles. The zero-order valence-corrected chi connectivity index (χ0v) is 12.2. The smallest absolute Gasteiger partial charge is 0.545 e. The molecule has 0 aliphatic carbocycles. The molecule has 0 saturated carbocycles. The van der Waals surface area contributed by atoms with Gasteiger partial charge < -0.3 is 14.5 Å². The maximum absolute atomic E-state index is 11.0. The van der Waals surface area contributed by atoms with Crippen LogP contribution in [0.25, 0.3) is 0 Å². The molecule has 0 aromatic heterocycles. The van der Waals surface area contributed by atoms with Crippen LogP contribution < -0.4 is 34.7 Å². The van der Waals surface area contributed by atoms with Crippen molar-refractivity contribution in [2.24, 2.45) is 0 Å². The minimum atomic E-state index is -2.18. The van der Waals surface area contributed by atoms with Gasteiger partial charge in [-0.25, -0.2) is 4.21 Å². The van der Waals surface area contributed by atoms with E-state index in [2.05, 4.69) is 0 Å². The average Bonchev–Trinajstić information content (AvgIpc) is 2.16. The van der Waals surface area contributed by atoms with Gasteiger partial charge in [0.15, 0.2) is 11.1 Å². The van der Waals surface area contributed by atoms with Crippen LogP contribution in [0.2, 0.25) is 0 Å². The van der Waals surface area contributed by atoms with E-state index in [0.29, 0.717) is 5.56 Å². The number of carbonyl (C=O) groups excluding carboxylic acids is 1. The second-order valence-corrected chi connectivity index (χ2v) is 4.38. The summed E-state index contributed by atoms with van der Waals surface area (Å²) in [7, 11) is 0. The molecule has 0 fully saturated rings. The summed E-state index contributed by atoms with van der Waals surface area (Å²) in [5.74, 6) is -1.29. The first-order valence-electron chi connectivity index (χ1n) is 4.39. The largest absolute Gasteiger partial charge is 1.00 e. The first-order chi connectivity index (χ1) is 6.93. The quantitative estimate of drug-likeness (QED) is 0.486. The summed E-state index contributed by atoms with van der Waals surface area (Å²) in [6.45, 7) is 3.73. The number of carbonyl (C=O) groups is 1. The maximum atomic E-state index is 11.0. The van der Waals surface area contributed by atoms with Crippen molar-refractivity contribution in [3.63, 3.8) is 0 Å². The Morgan fingerprint density at radius 1 is 1.44 bits per heavy atom. The van der Waals surface area contributed by atoms with Crippen LogP contribution in [-0.2, 0) is 11.1 Å². The van der Waals surface area contributed by atoms with Crippen molar-refractivity contribution in [1.82, 2.24) is 0 Å². The summed E-state index contributed by atoms with van der Waals surface area (Å²) in [4.78, 5) is 10.7.